The third-order valence-corrected chi connectivity index (χ3v) is 5.75. The molecule has 2 rings (SSSR count). The lowest BCUT2D eigenvalue weighted by atomic mass is 9.96. The van der Waals surface area contributed by atoms with Crippen LogP contribution in [-0.4, -0.2) is 68.3 Å². The molecule has 0 aromatic heterocycles. The highest BCUT2D eigenvalue weighted by Gasteiger charge is 2.23. The van der Waals surface area contributed by atoms with E-state index in [-0.39, 0.29) is 49.3 Å². The van der Waals surface area contributed by atoms with Crippen molar-refractivity contribution >= 4 is 29.7 Å². The number of ketones is 1. The Morgan fingerprint density at radius 1 is 0.659 bits per heavy atom. The Morgan fingerprint density at radius 3 is 1.70 bits per heavy atom. The summed E-state index contributed by atoms with van der Waals surface area (Å²) in [5.41, 5.74) is 1.34. The van der Waals surface area contributed by atoms with Crippen LogP contribution in [0.1, 0.15) is 28.4 Å². The second-order valence-electron chi connectivity index (χ2n) is 8.81. The first kappa shape index (κ1) is 34.7. The molecule has 0 heterocycles. The molecular weight excluding hydrogens is 572 g/mol. The molecule has 0 radical (unpaired) electrons. The van der Waals surface area contributed by atoms with Crippen LogP contribution in [0, 0.1) is 0 Å². The fourth-order valence-electron chi connectivity index (χ4n) is 3.59. The molecule has 2 aromatic carbocycles. The zero-order valence-electron chi connectivity index (χ0n) is 24.4. The quantitative estimate of drug-likeness (QED) is 0.0995. The van der Waals surface area contributed by atoms with Crippen LogP contribution in [0.2, 0.25) is 0 Å². The highest BCUT2D eigenvalue weighted by atomic mass is 16.6. The summed E-state index contributed by atoms with van der Waals surface area (Å²) in [6.07, 6.45) is 2.37. The van der Waals surface area contributed by atoms with Gasteiger partial charge in [-0.3, -0.25) is 4.79 Å². The number of rotatable bonds is 19. The van der Waals surface area contributed by atoms with E-state index in [4.69, 9.17) is 28.4 Å². The van der Waals surface area contributed by atoms with E-state index in [1.54, 1.807) is 12.1 Å². The molecule has 44 heavy (non-hydrogen) atoms. The standard InChI is InChI=1S/C33H34O11/c1-6-22-13-11-12-14-26(22)33(38)27-17-23(39-18-24(43-31(36)9-4)20-41-29(34)7-2)15-16-28(27)40-19-25(44-32(37)10-5)21-42-30(35)8-3/h7-17,24-25H,2-6,18-21H2,1H3. The van der Waals surface area contributed by atoms with E-state index < -0.39 is 36.1 Å². The molecule has 0 aliphatic rings. The molecule has 0 saturated carbocycles. The molecule has 0 aliphatic heterocycles. The molecule has 11 heteroatoms. The van der Waals surface area contributed by atoms with E-state index in [1.165, 1.54) is 18.2 Å². The second-order valence-corrected chi connectivity index (χ2v) is 8.81. The van der Waals surface area contributed by atoms with Crippen LogP contribution in [0.15, 0.2) is 93.1 Å². The molecule has 2 aromatic rings. The molecular formula is C33H34O11. The number of hydrogen-bond donors (Lipinski definition) is 0. The van der Waals surface area contributed by atoms with Gasteiger partial charge in [0.1, 0.15) is 37.9 Å². The van der Waals surface area contributed by atoms with Crippen molar-refractivity contribution in [3.63, 3.8) is 0 Å². The first-order valence-electron chi connectivity index (χ1n) is 13.4. The van der Waals surface area contributed by atoms with Gasteiger partial charge in [0.25, 0.3) is 0 Å². The minimum atomic E-state index is -1.04. The topological polar surface area (TPSA) is 141 Å². The molecule has 0 bridgehead atoms. The smallest absolute Gasteiger partial charge is 0.330 e. The van der Waals surface area contributed by atoms with Crippen LogP contribution < -0.4 is 9.47 Å². The number of esters is 4. The first-order valence-corrected chi connectivity index (χ1v) is 13.4. The summed E-state index contributed by atoms with van der Waals surface area (Å²) >= 11 is 0. The number of benzene rings is 2. The zero-order valence-corrected chi connectivity index (χ0v) is 24.4. The van der Waals surface area contributed by atoms with Crippen LogP contribution in [0.5, 0.6) is 11.5 Å². The Hall–Kier alpha value is -5.45. The molecule has 0 amide bonds. The summed E-state index contributed by atoms with van der Waals surface area (Å²) in [6, 6.07) is 11.5. The molecule has 0 spiro atoms. The Bertz CT molecular complexity index is 1390. The lowest BCUT2D eigenvalue weighted by Crippen LogP contribution is -2.30. The number of hydrogen-bond acceptors (Lipinski definition) is 11. The van der Waals surface area contributed by atoms with Crippen LogP contribution in [0.25, 0.3) is 0 Å². The summed E-state index contributed by atoms with van der Waals surface area (Å²) in [5, 5.41) is 0. The lowest BCUT2D eigenvalue weighted by molar-refractivity contribution is -0.154. The molecule has 0 aliphatic carbocycles. The Kier molecular flexibility index (Phi) is 14.3. The monoisotopic (exact) mass is 606 g/mol. The van der Waals surface area contributed by atoms with Gasteiger partial charge in [-0.15, -0.1) is 0 Å². The van der Waals surface area contributed by atoms with Crippen LogP contribution in [0.4, 0.5) is 0 Å². The van der Waals surface area contributed by atoms with Gasteiger partial charge < -0.3 is 28.4 Å². The molecule has 2 unspecified atom stereocenters. The van der Waals surface area contributed by atoms with E-state index in [0.717, 1.165) is 29.9 Å². The lowest BCUT2D eigenvalue weighted by Gasteiger charge is -2.20. The van der Waals surface area contributed by atoms with E-state index in [1.807, 2.05) is 19.1 Å². The molecule has 232 valence electrons. The molecule has 2 atom stereocenters. The third-order valence-electron chi connectivity index (χ3n) is 5.75. The summed E-state index contributed by atoms with van der Waals surface area (Å²) in [7, 11) is 0. The second kappa shape index (κ2) is 18.2. The SMILES string of the molecule is C=CC(=O)OCC(COc1ccc(OCC(COC(=O)C=C)OC(=O)C=C)c(C(=O)c2ccccc2CC)c1)OC(=O)C=C. The van der Waals surface area contributed by atoms with Gasteiger partial charge >= 0.3 is 23.9 Å². The van der Waals surface area contributed by atoms with Crippen LogP contribution in [-0.2, 0) is 44.5 Å². The summed E-state index contributed by atoms with van der Waals surface area (Å²) < 4.78 is 32.1. The summed E-state index contributed by atoms with van der Waals surface area (Å²) in [6.45, 7) is 14.1. The fraction of sp³-hybridized carbons (Fsp3) is 0.242. The van der Waals surface area contributed by atoms with E-state index in [9.17, 15) is 24.0 Å². The first-order chi connectivity index (χ1) is 21.1. The minimum Gasteiger partial charge on any atom is -0.490 e. The molecule has 0 fully saturated rings. The largest absolute Gasteiger partial charge is 0.490 e. The van der Waals surface area contributed by atoms with Gasteiger partial charge in [-0.25, -0.2) is 19.2 Å². The van der Waals surface area contributed by atoms with Gasteiger partial charge in [-0.05, 0) is 30.2 Å². The van der Waals surface area contributed by atoms with Crippen molar-refractivity contribution in [2.45, 2.75) is 25.6 Å². The van der Waals surface area contributed by atoms with E-state index in [0.29, 0.717) is 12.0 Å². The number of carbonyl (C=O) groups excluding carboxylic acids is 5. The maximum Gasteiger partial charge on any atom is 0.330 e. The minimum absolute atomic E-state index is 0.109. The Labute approximate surface area is 255 Å². The van der Waals surface area contributed by atoms with Crippen molar-refractivity contribution < 1.29 is 52.4 Å². The normalized spacial score (nSPS) is 11.5. The molecule has 0 saturated heterocycles. The van der Waals surface area contributed by atoms with Crippen molar-refractivity contribution in [3.8, 4) is 11.5 Å². The van der Waals surface area contributed by atoms with Gasteiger partial charge in [0.05, 0.1) is 5.56 Å². The molecule has 11 nitrogen and oxygen atoms in total. The van der Waals surface area contributed by atoms with Crippen molar-refractivity contribution in [2.75, 3.05) is 26.4 Å². The predicted molar refractivity (Wildman–Crippen MR) is 159 cm³/mol. The highest BCUT2D eigenvalue weighted by Crippen LogP contribution is 2.29. The van der Waals surface area contributed by atoms with Crippen molar-refractivity contribution in [1.82, 2.24) is 0 Å². The zero-order chi connectivity index (χ0) is 32.5. The van der Waals surface area contributed by atoms with Gasteiger partial charge in [0.15, 0.2) is 18.0 Å². The Morgan fingerprint density at radius 2 is 1.18 bits per heavy atom. The van der Waals surface area contributed by atoms with Crippen molar-refractivity contribution in [3.05, 3.63) is 110 Å². The number of carbonyl (C=O) groups is 5. The summed E-state index contributed by atoms with van der Waals surface area (Å²) in [4.78, 5) is 60.5. The van der Waals surface area contributed by atoms with Crippen molar-refractivity contribution in [2.24, 2.45) is 0 Å². The number of aryl methyl sites for hydroxylation is 1. The average molecular weight is 607 g/mol. The maximum atomic E-state index is 13.8. The van der Waals surface area contributed by atoms with E-state index in [2.05, 4.69) is 26.3 Å². The van der Waals surface area contributed by atoms with Crippen LogP contribution in [0.3, 0.4) is 0 Å². The van der Waals surface area contributed by atoms with Gasteiger partial charge in [0, 0.05) is 29.9 Å². The van der Waals surface area contributed by atoms with E-state index >= 15 is 0 Å². The van der Waals surface area contributed by atoms with Crippen LogP contribution >= 0.6 is 0 Å². The highest BCUT2D eigenvalue weighted by molar-refractivity contribution is 6.11. The van der Waals surface area contributed by atoms with Gasteiger partial charge in [0.2, 0.25) is 0 Å². The van der Waals surface area contributed by atoms with Crippen molar-refractivity contribution in [1.29, 1.82) is 0 Å². The number of ether oxygens (including phenoxy) is 6. The third kappa shape index (κ3) is 11.1. The summed E-state index contributed by atoms with van der Waals surface area (Å²) in [5.74, 6) is -3.02. The fourth-order valence-corrected chi connectivity index (χ4v) is 3.59. The Balaban J connectivity index is 2.38. The molecule has 0 N–H and O–H groups in total. The maximum absolute atomic E-state index is 13.8. The predicted octanol–water partition coefficient (Wildman–Crippen LogP) is 3.89. The average Bonchev–Trinajstić information content (AvgIpc) is 3.06. The van der Waals surface area contributed by atoms with Gasteiger partial charge in [-0.2, -0.15) is 0 Å². The van der Waals surface area contributed by atoms with Gasteiger partial charge in [-0.1, -0.05) is 57.5 Å².